The number of unbranched alkanes of at least 4 members (excludes halogenated alkanes) is 6. The molecular formula is C25H38N2. The van der Waals surface area contributed by atoms with Crippen LogP contribution in [0, 0.1) is 5.92 Å². The lowest BCUT2D eigenvalue weighted by Gasteiger charge is -2.09. The summed E-state index contributed by atoms with van der Waals surface area (Å²) in [4.78, 5) is 9.37. The minimum Gasteiger partial charge on any atom is -0.236 e. The number of hydrogen-bond donors (Lipinski definition) is 0. The van der Waals surface area contributed by atoms with Crippen molar-refractivity contribution < 1.29 is 0 Å². The van der Waals surface area contributed by atoms with E-state index in [1.807, 2.05) is 12.4 Å². The zero-order valence-electron chi connectivity index (χ0n) is 17.7. The minimum absolute atomic E-state index is 0.819. The van der Waals surface area contributed by atoms with E-state index in [1.54, 1.807) is 0 Å². The molecule has 0 saturated heterocycles. The van der Waals surface area contributed by atoms with E-state index >= 15 is 0 Å². The summed E-state index contributed by atoms with van der Waals surface area (Å²) < 4.78 is 0. The van der Waals surface area contributed by atoms with Crippen molar-refractivity contribution in [1.29, 1.82) is 0 Å². The van der Waals surface area contributed by atoms with Crippen LogP contribution in [-0.2, 0) is 12.8 Å². The molecule has 0 amide bonds. The number of hydrogen-bond acceptors (Lipinski definition) is 2. The second-order valence-corrected chi connectivity index (χ2v) is 8.23. The molecule has 0 bridgehead atoms. The molecule has 27 heavy (non-hydrogen) atoms. The first kappa shape index (κ1) is 21.6. The molecule has 2 rings (SSSR count). The summed E-state index contributed by atoms with van der Waals surface area (Å²) in [7, 11) is 0. The summed E-state index contributed by atoms with van der Waals surface area (Å²) in [5.74, 6) is 1.70. The average Bonchev–Trinajstić information content (AvgIpc) is 2.68. The molecule has 1 heterocycles. The topological polar surface area (TPSA) is 25.8 Å². The van der Waals surface area contributed by atoms with Gasteiger partial charge >= 0.3 is 0 Å². The molecule has 0 fully saturated rings. The summed E-state index contributed by atoms with van der Waals surface area (Å²) in [6.07, 6.45) is 18.1. The smallest absolute Gasteiger partial charge is 0.159 e. The molecule has 0 aliphatic carbocycles. The van der Waals surface area contributed by atoms with Crippen molar-refractivity contribution in [1.82, 2.24) is 9.97 Å². The molecule has 0 atom stereocenters. The van der Waals surface area contributed by atoms with Gasteiger partial charge < -0.3 is 0 Å². The van der Waals surface area contributed by atoms with Crippen LogP contribution in [0.1, 0.15) is 89.7 Å². The van der Waals surface area contributed by atoms with Gasteiger partial charge in [0.05, 0.1) is 0 Å². The Bertz CT molecular complexity index is 631. The summed E-state index contributed by atoms with van der Waals surface area (Å²) in [5.41, 5.74) is 3.85. The van der Waals surface area contributed by atoms with Crippen molar-refractivity contribution in [2.75, 3.05) is 0 Å². The zero-order chi connectivity index (χ0) is 19.3. The highest BCUT2D eigenvalue weighted by Gasteiger charge is 2.07. The van der Waals surface area contributed by atoms with Crippen molar-refractivity contribution in [2.24, 2.45) is 5.92 Å². The number of benzene rings is 1. The van der Waals surface area contributed by atoms with Crippen LogP contribution >= 0.6 is 0 Å². The molecule has 0 aliphatic rings. The maximum absolute atomic E-state index is 4.68. The Morgan fingerprint density at radius 1 is 0.778 bits per heavy atom. The van der Waals surface area contributed by atoms with E-state index in [-0.39, 0.29) is 0 Å². The monoisotopic (exact) mass is 366 g/mol. The van der Waals surface area contributed by atoms with Gasteiger partial charge in [0, 0.05) is 18.0 Å². The molecule has 0 spiro atoms. The molecule has 1 aromatic carbocycles. The van der Waals surface area contributed by atoms with Crippen LogP contribution in [0.3, 0.4) is 0 Å². The lowest BCUT2D eigenvalue weighted by molar-refractivity contribution is 0.527. The molecule has 2 heteroatoms. The van der Waals surface area contributed by atoms with Crippen molar-refractivity contribution in [3.63, 3.8) is 0 Å². The van der Waals surface area contributed by atoms with Crippen molar-refractivity contribution >= 4 is 0 Å². The average molecular weight is 367 g/mol. The molecule has 2 aromatic rings. The molecule has 148 valence electrons. The fraction of sp³-hybridized carbons (Fsp3) is 0.600. The Labute approximate surface area is 166 Å². The van der Waals surface area contributed by atoms with E-state index < -0.39 is 0 Å². The maximum atomic E-state index is 4.68. The first-order valence-electron chi connectivity index (χ1n) is 11.1. The van der Waals surface area contributed by atoms with Gasteiger partial charge in [0.2, 0.25) is 0 Å². The number of nitrogens with zero attached hydrogens (tertiary/aromatic N) is 2. The highest BCUT2D eigenvalue weighted by Crippen LogP contribution is 2.22. The third kappa shape index (κ3) is 8.24. The molecule has 1 aromatic heterocycles. The van der Waals surface area contributed by atoms with Crippen LogP contribution < -0.4 is 0 Å². The van der Waals surface area contributed by atoms with E-state index in [1.165, 1.54) is 74.5 Å². The van der Waals surface area contributed by atoms with Crippen LogP contribution in [-0.4, -0.2) is 9.97 Å². The molecule has 0 N–H and O–H groups in total. The zero-order valence-corrected chi connectivity index (χ0v) is 17.7. The Hall–Kier alpha value is -1.70. The van der Waals surface area contributed by atoms with Gasteiger partial charge in [-0.05, 0) is 42.7 Å². The largest absolute Gasteiger partial charge is 0.236 e. The first-order valence-corrected chi connectivity index (χ1v) is 11.1. The van der Waals surface area contributed by atoms with Gasteiger partial charge in [0.15, 0.2) is 5.82 Å². The summed E-state index contributed by atoms with van der Waals surface area (Å²) >= 11 is 0. The SMILES string of the molecule is CCCCCCCc1ccccc1-c1ncc(CCCCCC(C)C)cn1. The Balaban J connectivity index is 1.87. The van der Waals surface area contributed by atoms with Gasteiger partial charge in [-0.1, -0.05) is 90.0 Å². The summed E-state index contributed by atoms with van der Waals surface area (Å²) in [6.45, 7) is 6.87. The highest BCUT2D eigenvalue weighted by atomic mass is 14.9. The van der Waals surface area contributed by atoms with Gasteiger partial charge in [0.1, 0.15) is 0 Å². The van der Waals surface area contributed by atoms with Gasteiger partial charge in [0.25, 0.3) is 0 Å². The third-order valence-corrected chi connectivity index (χ3v) is 5.26. The normalized spacial score (nSPS) is 11.3. The van der Waals surface area contributed by atoms with Gasteiger partial charge in [-0.25, -0.2) is 9.97 Å². The quantitative estimate of drug-likeness (QED) is 0.345. The van der Waals surface area contributed by atoms with Crippen LogP contribution in [0.5, 0.6) is 0 Å². The highest BCUT2D eigenvalue weighted by molar-refractivity contribution is 5.59. The van der Waals surface area contributed by atoms with Crippen molar-refractivity contribution in [3.05, 3.63) is 47.8 Å². The predicted octanol–water partition coefficient (Wildman–Crippen LogP) is 7.42. The van der Waals surface area contributed by atoms with Crippen LogP contribution in [0.4, 0.5) is 0 Å². The second kappa shape index (κ2) is 12.6. The lowest BCUT2D eigenvalue weighted by Crippen LogP contribution is -1.97. The van der Waals surface area contributed by atoms with Crippen LogP contribution in [0.15, 0.2) is 36.7 Å². The van der Waals surface area contributed by atoms with Crippen molar-refractivity contribution in [3.8, 4) is 11.4 Å². The minimum atomic E-state index is 0.819. The van der Waals surface area contributed by atoms with Crippen molar-refractivity contribution in [2.45, 2.75) is 91.4 Å². The molecule has 0 unspecified atom stereocenters. The second-order valence-electron chi connectivity index (χ2n) is 8.23. The molecule has 0 radical (unpaired) electrons. The summed E-state index contributed by atoms with van der Waals surface area (Å²) in [6, 6.07) is 8.64. The van der Waals surface area contributed by atoms with E-state index in [9.17, 15) is 0 Å². The number of aromatic nitrogens is 2. The van der Waals surface area contributed by atoms with Crippen LogP contribution in [0.25, 0.3) is 11.4 Å². The fourth-order valence-corrected chi connectivity index (χ4v) is 3.56. The van der Waals surface area contributed by atoms with Crippen LogP contribution in [0.2, 0.25) is 0 Å². The molecule has 0 aliphatic heterocycles. The molecule has 0 saturated carbocycles. The Morgan fingerprint density at radius 2 is 1.44 bits per heavy atom. The Kier molecular flexibility index (Phi) is 10.1. The lowest BCUT2D eigenvalue weighted by atomic mass is 10.00. The summed E-state index contributed by atoms with van der Waals surface area (Å²) in [5, 5.41) is 0. The molecule has 2 nitrogen and oxygen atoms in total. The number of rotatable bonds is 13. The van der Waals surface area contributed by atoms with E-state index in [4.69, 9.17) is 0 Å². The third-order valence-electron chi connectivity index (χ3n) is 5.26. The van der Waals surface area contributed by atoms with Gasteiger partial charge in [-0.2, -0.15) is 0 Å². The number of aryl methyl sites for hydroxylation is 2. The Morgan fingerprint density at radius 3 is 2.19 bits per heavy atom. The van der Waals surface area contributed by atoms with E-state index in [2.05, 4.69) is 55.0 Å². The van der Waals surface area contributed by atoms with E-state index in [0.717, 1.165) is 24.6 Å². The fourth-order valence-electron chi connectivity index (χ4n) is 3.56. The predicted molar refractivity (Wildman–Crippen MR) is 117 cm³/mol. The first-order chi connectivity index (χ1) is 13.2. The van der Waals surface area contributed by atoms with Gasteiger partial charge in [-0.3, -0.25) is 0 Å². The van der Waals surface area contributed by atoms with E-state index in [0.29, 0.717) is 0 Å². The van der Waals surface area contributed by atoms with Gasteiger partial charge in [-0.15, -0.1) is 0 Å². The standard InChI is InChI=1S/C25H38N2/c1-4-5-6-7-11-16-23-17-12-13-18-24(23)25-26-19-22(20-27-25)15-10-8-9-14-21(2)3/h12-13,17-21H,4-11,14-16H2,1-3H3. The molecular weight excluding hydrogens is 328 g/mol. The maximum Gasteiger partial charge on any atom is 0.159 e.